The molecule has 9 nitrogen and oxygen atoms in total. The van der Waals surface area contributed by atoms with Crippen molar-refractivity contribution in [3.8, 4) is 6.07 Å². The summed E-state index contributed by atoms with van der Waals surface area (Å²) in [5, 5.41) is 35.5. The van der Waals surface area contributed by atoms with Crippen molar-refractivity contribution in [2.75, 3.05) is 11.5 Å². The molecule has 4 rings (SSSR count). The highest BCUT2D eigenvalue weighted by Crippen LogP contribution is 2.24. The van der Waals surface area contributed by atoms with Crippen molar-refractivity contribution >= 4 is 29.6 Å². The average Bonchev–Trinajstić information content (AvgIpc) is 3.04. The highest BCUT2D eigenvalue weighted by molar-refractivity contribution is 7.99. The third-order valence-electron chi connectivity index (χ3n) is 8.99. The van der Waals surface area contributed by atoms with Gasteiger partial charge in [0.2, 0.25) is 5.91 Å². The van der Waals surface area contributed by atoms with Gasteiger partial charge in [-0.25, -0.2) is 4.79 Å². The molecule has 1 amide bonds. The van der Waals surface area contributed by atoms with Crippen molar-refractivity contribution < 1.29 is 28.7 Å². The molecule has 0 radical (unpaired) electrons. The van der Waals surface area contributed by atoms with Crippen LogP contribution in [0.25, 0.3) is 0 Å². The Morgan fingerprint density at radius 3 is 1.35 bits per heavy atom. The van der Waals surface area contributed by atoms with Crippen LogP contribution in [0.15, 0.2) is 0 Å². The van der Waals surface area contributed by atoms with E-state index in [1.54, 1.807) is 0 Å². The largest absolute Gasteiger partial charge is 0.480 e. The van der Waals surface area contributed by atoms with Gasteiger partial charge in [-0.3, -0.25) is 9.59 Å². The number of aliphatic carboxylic acids is 2. The monoisotopic (exact) mass is 625 g/mol. The molecular weight excluding hydrogens is 564 g/mol. The van der Waals surface area contributed by atoms with Crippen LogP contribution in [0.5, 0.6) is 0 Å². The van der Waals surface area contributed by atoms with E-state index in [9.17, 15) is 14.4 Å². The van der Waals surface area contributed by atoms with Crippen LogP contribution in [0, 0.1) is 17.2 Å². The molecule has 1 unspecified atom stereocenters. The van der Waals surface area contributed by atoms with E-state index in [4.69, 9.17) is 19.6 Å². The van der Waals surface area contributed by atoms with Crippen LogP contribution in [0.3, 0.4) is 0 Å². The number of rotatable bonds is 11. The van der Waals surface area contributed by atoms with Gasteiger partial charge in [0.05, 0.1) is 6.07 Å². The van der Waals surface area contributed by atoms with Gasteiger partial charge in [0.15, 0.2) is 5.92 Å². The maximum absolute atomic E-state index is 11.1. The van der Waals surface area contributed by atoms with Crippen LogP contribution in [-0.4, -0.2) is 69.8 Å². The number of nitrogens with zero attached hydrogens (tertiary/aromatic N) is 1. The van der Waals surface area contributed by atoms with Crippen molar-refractivity contribution in [2.24, 2.45) is 5.92 Å². The first kappa shape index (κ1) is 32.6. The number of hydrogen-bond donors (Lipinski definition) is 5. The van der Waals surface area contributed by atoms with Gasteiger partial charge in [-0.15, -0.1) is 0 Å². The van der Waals surface area contributed by atoms with Crippen LogP contribution >= 0.6 is 11.8 Å². The van der Waals surface area contributed by atoms with E-state index in [0.29, 0.717) is 0 Å². The molecule has 0 aromatic rings. The Balaban J connectivity index is 0.000000247. The number of nitrogens with one attached hydrogen (secondary N) is 3. The number of carboxylic acids is 2. The average molecular weight is 626 g/mol. The molecule has 0 aromatic heterocycles. The predicted molar refractivity (Wildman–Crippen MR) is 173 cm³/mol. The number of amides is 1. The van der Waals surface area contributed by atoms with Crippen molar-refractivity contribution in [3.05, 3.63) is 0 Å². The molecule has 4 fully saturated rings. The maximum Gasteiger partial charge on any atom is 0.327 e. The van der Waals surface area contributed by atoms with E-state index in [1.165, 1.54) is 134 Å². The van der Waals surface area contributed by atoms with Gasteiger partial charge in [-0.2, -0.15) is 17.0 Å². The summed E-state index contributed by atoms with van der Waals surface area (Å²) in [5.41, 5.74) is 0. The second kappa shape index (κ2) is 22.6. The summed E-state index contributed by atoms with van der Waals surface area (Å²) < 4.78 is 20.4. The first-order valence-electron chi connectivity index (χ1n) is 18.3. The lowest BCUT2D eigenvalue weighted by atomic mass is 9.91. The molecule has 0 heterocycles. The fourth-order valence-electron chi connectivity index (χ4n) is 6.54. The molecule has 10 heteroatoms. The third kappa shape index (κ3) is 17.3. The standard InChI is InChI=1S/2C12H23N.C9H12N2O5S/c2*1-3-7-11(8-4-1)13-12-9-5-2-6-10-12;1-5(12)11-7(9(15)16)4-17-3-6(2-10)8(13)14/h2*11-13H,1-10H2;6-7H,3-4H2,1H3,(H,11,12)(H,13,14)(H,15,16)/t;;6?,7-/m..0/s1/i;;1D3. The van der Waals surface area contributed by atoms with Gasteiger partial charge in [0.25, 0.3) is 0 Å². The van der Waals surface area contributed by atoms with Gasteiger partial charge in [-0.05, 0) is 51.4 Å². The Labute approximate surface area is 268 Å². The molecule has 4 aliphatic rings. The lowest BCUT2D eigenvalue weighted by molar-refractivity contribution is -0.140. The Kier molecular flexibility index (Phi) is 17.1. The quantitative estimate of drug-likeness (QED) is 0.186. The first-order valence-corrected chi connectivity index (χ1v) is 17.9. The lowest BCUT2D eigenvalue weighted by Crippen LogP contribution is -2.41. The fraction of sp³-hybridized carbons (Fsp3) is 0.879. The van der Waals surface area contributed by atoms with Gasteiger partial charge >= 0.3 is 11.9 Å². The molecule has 43 heavy (non-hydrogen) atoms. The fourth-order valence-corrected chi connectivity index (χ4v) is 7.59. The van der Waals surface area contributed by atoms with Gasteiger partial charge in [0.1, 0.15) is 6.04 Å². The van der Waals surface area contributed by atoms with E-state index in [1.807, 2.05) is 5.32 Å². The Morgan fingerprint density at radius 1 is 0.698 bits per heavy atom. The highest BCUT2D eigenvalue weighted by Gasteiger charge is 2.22. The molecule has 0 aliphatic heterocycles. The van der Waals surface area contributed by atoms with Crippen LogP contribution < -0.4 is 16.0 Å². The molecule has 0 aromatic carbocycles. The second-order valence-corrected chi connectivity index (χ2v) is 13.7. The van der Waals surface area contributed by atoms with Crippen LogP contribution in [0.1, 0.15) is 139 Å². The molecule has 246 valence electrons. The zero-order valence-electron chi connectivity index (χ0n) is 29.0. The number of carbonyl (C=O) groups excluding carboxylic acids is 1. The summed E-state index contributed by atoms with van der Waals surface area (Å²) >= 11 is 0.821. The molecule has 0 bridgehead atoms. The van der Waals surface area contributed by atoms with E-state index in [2.05, 4.69) is 10.6 Å². The number of hydrogen-bond acceptors (Lipinski definition) is 7. The summed E-state index contributed by atoms with van der Waals surface area (Å²) in [7, 11) is 0. The number of carboxylic acid groups (broad SMARTS) is 2. The molecular formula is C33H58N4O5S. The maximum atomic E-state index is 11.1. The summed E-state index contributed by atoms with van der Waals surface area (Å²) in [6.07, 6.45) is 29.1. The zero-order valence-corrected chi connectivity index (χ0v) is 26.8. The first-order chi connectivity index (χ1) is 22.0. The van der Waals surface area contributed by atoms with Crippen molar-refractivity contribution in [3.63, 3.8) is 0 Å². The number of thioether (sulfide) groups is 1. The zero-order chi connectivity index (χ0) is 33.8. The Bertz CT molecular complexity index is 861. The molecule has 4 aliphatic carbocycles. The number of nitriles is 1. The minimum absolute atomic E-state index is 0.167. The summed E-state index contributed by atoms with van der Waals surface area (Å²) in [6, 6.07) is 3.54. The third-order valence-corrected chi connectivity index (χ3v) is 10.1. The Morgan fingerprint density at radius 2 is 1.07 bits per heavy atom. The van der Waals surface area contributed by atoms with E-state index < -0.39 is 36.7 Å². The minimum Gasteiger partial charge on any atom is -0.480 e. The van der Waals surface area contributed by atoms with E-state index >= 15 is 0 Å². The molecule has 0 spiro atoms. The second-order valence-electron chi connectivity index (χ2n) is 12.6. The molecule has 2 atom stereocenters. The van der Waals surface area contributed by atoms with E-state index in [0.717, 1.165) is 35.9 Å². The van der Waals surface area contributed by atoms with Crippen molar-refractivity contribution in [1.29, 1.82) is 5.26 Å². The van der Waals surface area contributed by atoms with Gasteiger partial charge in [0, 0.05) is 46.6 Å². The highest BCUT2D eigenvalue weighted by atomic mass is 32.2. The molecule has 4 saturated carbocycles. The van der Waals surface area contributed by atoms with Gasteiger partial charge < -0.3 is 26.2 Å². The van der Waals surface area contributed by atoms with Crippen LogP contribution in [-0.2, 0) is 14.4 Å². The Hall–Kier alpha value is -1.83. The van der Waals surface area contributed by atoms with Crippen LogP contribution in [0.4, 0.5) is 0 Å². The summed E-state index contributed by atoms with van der Waals surface area (Å²) in [5.74, 6) is -5.90. The summed E-state index contributed by atoms with van der Waals surface area (Å²) in [4.78, 5) is 32.5. The van der Waals surface area contributed by atoms with Gasteiger partial charge in [-0.1, -0.05) is 77.0 Å². The molecule has 0 saturated heterocycles. The van der Waals surface area contributed by atoms with Crippen molar-refractivity contribution in [2.45, 2.75) is 165 Å². The lowest BCUT2D eigenvalue weighted by Gasteiger charge is -2.30. The number of carbonyl (C=O) groups is 3. The SMILES string of the molecule is C1CCC(NC2CCCCC2)CC1.C1CCC(NC2CCCCC2)CC1.[2H]C([2H])([2H])C(=O)N[C@@H](CSCC(C#N)C(=O)O)C(=O)O. The topological polar surface area (TPSA) is 152 Å². The normalized spacial score (nSPS) is 23.3. The summed E-state index contributed by atoms with van der Waals surface area (Å²) in [6.45, 7) is -2.96. The van der Waals surface area contributed by atoms with E-state index in [-0.39, 0.29) is 11.5 Å². The predicted octanol–water partition coefficient (Wildman–Crippen LogP) is 6.02. The molecule has 5 N–H and O–H groups in total. The van der Waals surface area contributed by atoms with Crippen LogP contribution in [0.2, 0.25) is 0 Å². The minimum atomic E-state index is -2.96. The van der Waals surface area contributed by atoms with Crippen molar-refractivity contribution in [1.82, 2.24) is 16.0 Å². The smallest absolute Gasteiger partial charge is 0.327 e.